The Hall–Kier alpha value is -2.67. The number of nitrogens with zero attached hydrogens (tertiary/aromatic N) is 2. The third-order valence-electron chi connectivity index (χ3n) is 6.00. The summed E-state index contributed by atoms with van der Waals surface area (Å²) in [5, 5.41) is 13.8. The zero-order valence-electron chi connectivity index (χ0n) is 18.8. The molecule has 1 saturated heterocycles. The highest BCUT2D eigenvalue weighted by molar-refractivity contribution is 5.98. The molecule has 170 valence electrons. The number of ether oxygens (including phenoxy) is 1. The number of hydrogen-bond acceptors (Lipinski definition) is 4. The third-order valence-corrected chi connectivity index (χ3v) is 6.00. The number of aryl methyl sites for hydroxylation is 1. The van der Waals surface area contributed by atoms with Gasteiger partial charge in [-0.15, -0.1) is 0 Å². The molecule has 6 heteroatoms. The minimum atomic E-state index is -0.424. The fourth-order valence-electron chi connectivity index (χ4n) is 4.51. The van der Waals surface area contributed by atoms with Gasteiger partial charge in [-0.3, -0.25) is 4.79 Å². The molecule has 1 unspecified atom stereocenters. The van der Waals surface area contributed by atoms with E-state index in [1.807, 2.05) is 11.0 Å². The van der Waals surface area contributed by atoms with Crippen LogP contribution in [0.1, 0.15) is 25.3 Å². The van der Waals surface area contributed by atoms with Gasteiger partial charge in [0.15, 0.2) is 0 Å². The molecule has 0 spiro atoms. The maximum Gasteiger partial charge on any atom is 0.253 e. The molecule has 32 heavy (non-hydrogen) atoms. The number of carbonyl (C=O) groups excluding carboxylic acids is 1. The number of nitrogens with one attached hydrogen (secondary N) is 1. The van der Waals surface area contributed by atoms with E-state index in [2.05, 4.69) is 65.5 Å². The predicted octanol–water partition coefficient (Wildman–Crippen LogP) is 3.42. The van der Waals surface area contributed by atoms with Crippen molar-refractivity contribution in [2.45, 2.75) is 39.0 Å². The van der Waals surface area contributed by atoms with Crippen molar-refractivity contribution in [3.8, 4) is 11.1 Å². The predicted molar refractivity (Wildman–Crippen MR) is 127 cm³/mol. The lowest BCUT2D eigenvalue weighted by molar-refractivity contribution is -0.145. The van der Waals surface area contributed by atoms with E-state index in [-0.39, 0.29) is 12.5 Å². The molecule has 2 heterocycles. The van der Waals surface area contributed by atoms with E-state index >= 15 is 0 Å². The number of fused-ring (bicyclic) bond motifs is 1. The van der Waals surface area contributed by atoms with Crippen molar-refractivity contribution >= 4 is 16.8 Å². The maximum absolute atomic E-state index is 13.3. The summed E-state index contributed by atoms with van der Waals surface area (Å²) in [6.45, 7) is 6.13. The van der Waals surface area contributed by atoms with Crippen LogP contribution in [0.2, 0.25) is 0 Å². The van der Waals surface area contributed by atoms with Crippen LogP contribution in [0, 0.1) is 0 Å². The zero-order valence-corrected chi connectivity index (χ0v) is 18.8. The van der Waals surface area contributed by atoms with E-state index in [0.29, 0.717) is 32.7 Å². The SMILES string of the molecule is CCCN(Cc1cn(CCCO)c2cccc(-c3ccccc3)c12)C(=O)C1CNCCO1. The Kier molecular flexibility index (Phi) is 7.58. The highest BCUT2D eigenvalue weighted by Crippen LogP contribution is 2.33. The van der Waals surface area contributed by atoms with Gasteiger partial charge in [0.25, 0.3) is 5.91 Å². The number of carbonyl (C=O) groups is 1. The first-order valence-electron chi connectivity index (χ1n) is 11.6. The molecule has 1 atom stereocenters. The van der Waals surface area contributed by atoms with E-state index in [1.54, 1.807) is 0 Å². The van der Waals surface area contributed by atoms with Gasteiger partial charge in [0, 0.05) is 56.4 Å². The molecule has 1 aliphatic heterocycles. The maximum atomic E-state index is 13.3. The number of rotatable bonds is 9. The Morgan fingerprint density at radius 1 is 1.22 bits per heavy atom. The van der Waals surface area contributed by atoms with Crippen molar-refractivity contribution < 1.29 is 14.6 Å². The first-order valence-corrected chi connectivity index (χ1v) is 11.6. The number of aromatic nitrogens is 1. The van der Waals surface area contributed by atoms with Crippen molar-refractivity contribution in [3.05, 3.63) is 60.3 Å². The van der Waals surface area contributed by atoms with Crippen molar-refractivity contribution in [1.82, 2.24) is 14.8 Å². The molecule has 3 aromatic rings. The Balaban J connectivity index is 1.74. The summed E-state index contributed by atoms with van der Waals surface area (Å²) in [5.74, 6) is 0.0486. The van der Waals surface area contributed by atoms with Crippen molar-refractivity contribution in [2.75, 3.05) is 32.8 Å². The minimum Gasteiger partial charge on any atom is -0.396 e. The van der Waals surface area contributed by atoms with Crippen molar-refractivity contribution in [3.63, 3.8) is 0 Å². The van der Waals surface area contributed by atoms with Gasteiger partial charge in [0.1, 0.15) is 6.10 Å². The van der Waals surface area contributed by atoms with Crippen molar-refractivity contribution in [1.29, 1.82) is 0 Å². The Morgan fingerprint density at radius 3 is 2.78 bits per heavy atom. The lowest BCUT2D eigenvalue weighted by Crippen LogP contribution is -2.49. The number of morpholine rings is 1. The molecule has 1 aromatic heterocycles. The average Bonchev–Trinajstić information content (AvgIpc) is 3.20. The van der Waals surface area contributed by atoms with Crippen LogP contribution in [-0.2, 0) is 22.6 Å². The third kappa shape index (κ3) is 4.88. The first-order chi connectivity index (χ1) is 15.7. The summed E-state index contributed by atoms with van der Waals surface area (Å²) in [6, 6.07) is 16.7. The lowest BCUT2D eigenvalue weighted by atomic mass is 9.99. The van der Waals surface area contributed by atoms with Crippen LogP contribution in [0.15, 0.2) is 54.7 Å². The fraction of sp³-hybridized carbons (Fsp3) is 0.423. The molecule has 0 radical (unpaired) electrons. The van der Waals surface area contributed by atoms with Gasteiger partial charge in [-0.2, -0.15) is 0 Å². The molecule has 1 aliphatic rings. The lowest BCUT2D eigenvalue weighted by Gasteiger charge is -2.29. The normalized spacial score (nSPS) is 16.4. The van der Waals surface area contributed by atoms with Crippen LogP contribution in [0.4, 0.5) is 0 Å². The summed E-state index contributed by atoms with van der Waals surface area (Å²) in [7, 11) is 0. The second kappa shape index (κ2) is 10.8. The molecule has 2 aromatic carbocycles. The molecular formula is C26H33N3O3. The van der Waals surface area contributed by atoms with E-state index < -0.39 is 6.10 Å². The van der Waals surface area contributed by atoms with Crippen LogP contribution in [-0.4, -0.2) is 59.4 Å². The summed E-state index contributed by atoms with van der Waals surface area (Å²) in [4.78, 5) is 15.2. The molecule has 1 amide bonds. The average molecular weight is 436 g/mol. The van der Waals surface area contributed by atoms with Gasteiger partial charge >= 0.3 is 0 Å². The van der Waals surface area contributed by atoms with Gasteiger partial charge in [0.05, 0.1) is 6.61 Å². The molecule has 0 aliphatic carbocycles. The molecule has 0 saturated carbocycles. The van der Waals surface area contributed by atoms with E-state index in [9.17, 15) is 9.90 Å². The van der Waals surface area contributed by atoms with Crippen LogP contribution in [0.3, 0.4) is 0 Å². The Bertz CT molecular complexity index is 1030. The minimum absolute atomic E-state index is 0.0486. The summed E-state index contributed by atoms with van der Waals surface area (Å²) < 4.78 is 7.97. The van der Waals surface area contributed by atoms with Crippen LogP contribution >= 0.6 is 0 Å². The fourth-order valence-corrected chi connectivity index (χ4v) is 4.51. The zero-order chi connectivity index (χ0) is 22.3. The number of amides is 1. The summed E-state index contributed by atoms with van der Waals surface area (Å²) in [5.41, 5.74) is 4.59. The van der Waals surface area contributed by atoms with Crippen LogP contribution in [0.25, 0.3) is 22.0 Å². The molecule has 4 rings (SSSR count). The monoisotopic (exact) mass is 435 g/mol. The molecular weight excluding hydrogens is 402 g/mol. The standard InChI is InChI=1S/C26H33N3O3/c1-2-13-29(26(31)24-17-27-12-16-32-24)19-21-18-28(14-7-15-30)23-11-6-10-22(25(21)23)20-8-4-3-5-9-20/h3-6,8-11,18,24,27,30H,2,7,12-17,19H2,1H3. The van der Waals surface area contributed by atoms with Crippen LogP contribution in [0.5, 0.6) is 0 Å². The number of benzene rings is 2. The Morgan fingerprint density at radius 2 is 2.06 bits per heavy atom. The van der Waals surface area contributed by atoms with E-state index in [1.165, 1.54) is 10.9 Å². The highest BCUT2D eigenvalue weighted by Gasteiger charge is 2.27. The van der Waals surface area contributed by atoms with Gasteiger partial charge < -0.3 is 24.6 Å². The van der Waals surface area contributed by atoms with Gasteiger partial charge in [-0.1, -0.05) is 49.4 Å². The highest BCUT2D eigenvalue weighted by atomic mass is 16.5. The van der Waals surface area contributed by atoms with E-state index in [0.717, 1.165) is 36.2 Å². The quantitative estimate of drug-likeness (QED) is 0.541. The molecule has 6 nitrogen and oxygen atoms in total. The smallest absolute Gasteiger partial charge is 0.253 e. The number of hydrogen-bond donors (Lipinski definition) is 2. The van der Waals surface area contributed by atoms with E-state index in [4.69, 9.17) is 4.74 Å². The first kappa shape index (κ1) is 22.5. The number of aliphatic hydroxyl groups excluding tert-OH is 1. The molecule has 2 N–H and O–H groups in total. The summed E-state index contributed by atoms with van der Waals surface area (Å²) in [6.07, 6.45) is 3.31. The van der Waals surface area contributed by atoms with Gasteiger partial charge in [-0.05, 0) is 35.6 Å². The largest absolute Gasteiger partial charge is 0.396 e. The molecule has 0 bridgehead atoms. The molecule has 1 fully saturated rings. The Labute approximate surface area is 189 Å². The van der Waals surface area contributed by atoms with Gasteiger partial charge in [-0.25, -0.2) is 0 Å². The van der Waals surface area contributed by atoms with Crippen molar-refractivity contribution in [2.24, 2.45) is 0 Å². The number of aliphatic hydroxyl groups is 1. The summed E-state index contributed by atoms with van der Waals surface area (Å²) >= 11 is 0. The topological polar surface area (TPSA) is 66.7 Å². The van der Waals surface area contributed by atoms with Crippen LogP contribution < -0.4 is 5.32 Å². The van der Waals surface area contributed by atoms with Gasteiger partial charge in [0.2, 0.25) is 0 Å². The second-order valence-electron chi connectivity index (χ2n) is 8.31. The second-order valence-corrected chi connectivity index (χ2v) is 8.31.